The third-order valence-electron chi connectivity index (χ3n) is 4.61. The average Bonchev–Trinajstić information content (AvgIpc) is 2.71. The average molecular weight is 399 g/mol. The molecule has 0 saturated heterocycles. The topological polar surface area (TPSA) is 94.1 Å². The molecule has 29 heavy (non-hydrogen) atoms. The molecular formula is C22H25NO6. The van der Waals surface area contributed by atoms with Gasteiger partial charge in [0.15, 0.2) is 18.1 Å². The highest BCUT2D eigenvalue weighted by atomic mass is 16.6. The summed E-state index contributed by atoms with van der Waals surface area (Å²) in [5, 5.41) is 12.7. The van der Waals surface area contributed by atoms with E-state index >= 15 is 0 Å². The van der Waals surface area contributed by atoms with E-state index in [2.05, 4.69) is 5.32 Å². The van der Waals surface area contributed by atoms with Gasteiger partial charge in [-0.1, -0.05) is 31.5 Å². The van der Waals surface area contributed by atoms with Crippen LogP contribution in [-0.4, -0.2) is 36.8 Å². The summed E-state index contributed by atoms with van der Waals surface area (Å²) in [4.78, 5) is 24.6. The summed E-state index contributed by atoms with van der Waals surface area (Å²) in [6, 6.07) is 9.89. The molecule has 7 nitrogen and oxygen atoms in total. The molecule has 154 valence electrons. The molecule has 0 aromatic heterocycles. The van der Waals surface area contributed by atoms with Crippen molar-refractivity contribution in [3.05, 3.63) is 53.1 Å². The zero-order valence-electron chi connectivity index (χ0n) is 16.7. The first-order valence-electron chi connectivity index (χ1n) is 9.51. The fourth-order valence-electron chi connectivity index (χ4n) is 3.13. The fourth-order valence-corrected chi connectivity index (χ4v) is 3.13. The summed E-state index contributed by atoms with van der Waals surface area (Å²) in [7, 11) is 0. The molecule has 0 saturated carbocycles. The molecule has 2 aromatic rings. The first kappa shape index (κ1) is 20.5. The molecule has 1 amide bonds. The van der Waals surface area contributed by atoms with E-state index < -0.39 is 18.5 Å². The molecule has 2 N–H and O–H groups in total. The molecule has 0 aliphatic carbocycles. The third-order valence-corrected chi connectivity index (χ3v) is 4.61. The van der Waals surface area contributed by atoms with Crippen molar-refractivity contribution in [2.75, 3.05) is 19.8 Å². The van der Waals surface area contributed by atoms with E-state index in [0.717, 1.165) is 11.1 Å². The first-order chi connectivity index (χ1) is 13.8. The zero-order chi connectivity index (χ0) is 21.0. The zero-order valence-corrected chi connectivity index (χ0v) is 16.7. The number of phenolic OH excluding ortho intramolecular Hbond substituents is 1. The Bertz CT molecular complexity index is 908. The number of esters is 1. The molecule has 1 aliphatic heterocycles. The monoisotopic (exact) mass is 399 g/mol. The molecule has 2 aromatic carbocycles. The van der Waals surface area contributed by atoms with Gasteiger partial charge < -0.3 is 24.6 Å². The summed E-state index contributed by atoms with van der Waals surface area (Å²) < 4.78 is 16.2. The van der Waals surface area contributed by atoms with Crippen LogP contribution in [0.1, 0.15) is 41.4 Å². The van der Waals surface area contributed by atoms with E-state index in [1.54, 1.807) is 13.0 Å². The summed E-state index contributed by atoms with van der Waals surface area (Å²) in [5.74, 6) is 0.0620. The Morgan fingerprint density at radius 3 is 2.55 bits per heavy atom. The maximum Gasteiger partial charge on any atom is 0.342 e. The van der Waals surface area contributed by atoms with Crippen molar-refractivity contribution in [1.82, 2.24) is 5.32 Å². The number of carbonyl (C=O) groups excluding carboxylic acids is 2. The van der Waals surface area contributed by atoms with Crippen molar-refractivity contribution in [2.24, 2.45) is 5.92 Å². The van der Waals surface area contributed by atoms with Crippen LogP contribution in [0.25, 0.3) is 0 Å². The quantitative estimate of drug-likeness (QED) is 0.725. The molecule has 0 spiro atoms. The normalized spacial score (nSPS) is 13.7. The number of benzene rings is 2. The lowest BCUT2D eigenvalue weighted by molar-refractivity contribution is -0.125. The van der Waals surface area contributed by atoms with Crippen molar-refractivity contribution >= 4 is 11.9 Å². The Labute approximate surface area is 169 Å². The van der Waals surface area contributed by atoms with Crippen LogP contribution < -0.4 is 14.8 Å². The molecule has 7 heteroatoms. The van der Waals surface area contributed by atoms with E-state index in [0.29, 0.717) is 24.7 Å². The highest BCUT2D eigenvalue weighted by Gasteiger charge is 2.22. The Balaban J connectivity index is 1.64. The number of amides is 1. The van der Waals surface area contributed by atoms with Crippen LogP contribution in [-0.2, 0) is 9.53 Å². The minimum atomic E-state index is -0.748. The number of hydrogen-bond donors (Lipinski definition) is 2. The van der Waals surface area contributed by atoms with Gasteiger partial charge in [0, 0.05) is 0 Å². The van der Waals surface area contributed by atoms with E-state index in [1.807, 2.05) is 32.0 Å². The van der Waals surface area contributed by atoms with Gasteiger partial charge in [-0.3, -0.25) is 4.79 Å². The summed E-state index contributed by atoms with van der Waals surface area (Å²) in [5.41, 5.74) is 1.71. The number of aryl methyl sites for hydroxylation is 1. The van der Waals surface area contributed by atoms with Crippen LogP contribution in [0.2, 0.25) is 0 Å². The van der Waals surface area contributed by atoms with Crippen LogP contribution >= 0.6 is 0 Å². The first-order valence-corrected chi connectivity index (χ1v) is 9.51. The highest BCUT2D eigenvalue weighted by molar-refractivity contribution is 5.94. The number of carbonyl (C=O) groups is 2. The second-order valence-corrected chi connectivity index (χ2v) is 7.29. The van der Waals surface area contributed by atoms with Gasteiger partial charge in [0.1, 0.15) is 24.5 Å². The maximum atomic E-state index is 12.4. The smallest absolute Gasteiger partial charge is 0.342 e. The predicted octanol–water partition coefficient (Wildman–Crippen LogP) is 3.14. The number of phenols is 1. The predicted molar refractivity (Wildman–Crippen MR) is 106 cm³/mol. The number of hydrogen-bond acceptors (Lipinski definition) is 6. The van der Waals surface area contributed by atoms with Gasteiger partial charge in [-0.05, 0) is 42.7 Å². The lowest BCUT2D eigenvalue weighted by Gasteiger charge is -2.25. The summed E-state index contributed by atoms with van der Waals surface area (Å²) >= 11 is 0. The Kier molecular flexibility index (Phi) is 6.26. The van der Waals surface area contributed by atoms with Gasteiger partial charge in [-0.25, -0.2) is 4.79 Å². The fraction of sp³-hybridized carbons (Fsp3) is 0.364. The van der Waals surface area contributed by atoms with E-state index in [9.17, 15) is 14.7 Å². The summed E-state index contributed by atoms with van der Waals surface area (Å²) in [6.07, 6.45) is 0. The second-order valence-electron chi connectivity index (χ2n) is 7.29. The molecular weight excluding hydrogens is 374 g/mol. The lowest BCUT2D eigenvalue weighted by atomic mass is 9.95. The molecule has 1 atom stereocenters. The number of rotatable bonds is 6. The summed E-state index contributed by atoms with van der Waals surface area (Å²) in [6.45, 7) is 6.32. The van der Waals surface area contributed by atoms with Crippen LogP contribution in [0, 0.1) is 12.8 Å². The van der Waals surface area contributed by atoms with Gasteiger partial charge in [0.2, 0.25) is 0 Å². The van der Waals surface area contributed by atoms with Crippen molar-refractivity contribution < 1.29 is 28.9 Å². The van der Waals surface area contributed by atoms with Crippen molar-refractivity contribution in [3.63, 3.8) is 0 Å². The molecule has 0 fully saturated rings. The molecule has 3 rings (SSSR count). The SMILES string of the molecule is Cc1ccc(O)c(C(=O)OCC(=O)N[C@H](c2ccc3c(c2)OCCO3)C(C)C)c1. The van der Waals surface area contributed by atoms with E-state index in [1.165, 1.54) is 12.1 Å². The van der Waals surface area contributed by atoms with Crippen molar-refractivity contribution in [3.8, 4) is 17.2 Å². The van der Waals surface area contributed by atoms with Crippen molar-refractivity contribution in [1.29, 1.82) is 0 Å². The molecule has 0 bridgehead atoms. The number of ether oxygens (including phenoxy) is 3. The van der Waals surface area contributed by atoms with Crippen LogP contribution in [0.4, 0.5) is 0 Å². The van der Waals surface area contributed by atoms with Gasteiger partial charge in [-0.15, -0.1) is 0 Å². The van der Waals surface area contributed by atoms with Gasteiger partial charge in [-0.2, -0.15) is 0 Å². The van der Waals surface area contributed by atoms with Crippen LogP contribution in [0.3, 0.4) is 0 Å². The third kappa shape index (κ3) is 4.99. The Hall–Kier alpha value is -3.22. The van der Waals surface area contributed by atoms with E-state index in [4.69, 9.17) is 14.2 Å². The van der Waals surface area contributed by atoms with E-state index in [-0.39, 0.29) is 23.3 Å². The molecule has 1 heterocycles. The molecule has 0 radical (unpaired) electrons. The Morgan fingerprint density at radius 1 is 1.10 bits per heavy atom. The van der Waals surface area contributed by atoms with Crippen LogP contribution in [0.5, 0.6) is 17.2 Å². The number of nitrogens with one attached hydrogen (secondary N) is 1. The largest absolute Gasteiger partial charge is 0.507 e. The number of aromatic hydroxyl groups is 1. The molecule has 1 aliphatic rings. The van der Waals surface area contributed by atoms with Gasteiger partial charge in [0.05, 0.1) is 6.04 Å². The minimum Gasteiger partial charge on any atom is -0.507 e. The van der Waals surface area contributed by atoms with Gasteiger partial charge >= 0.3 is 5.97 Å². The van der Waals surface area contributed by atoms with Crippen LogP contribution in [0.15, 0.2) is 36.4 Å². The second kappa shape index (κ2) is 8.86. The number of fused-ring (bicyclic) bond motifs is 1. The lowest BCUT2D eigenvalue weighted by Crippen LogP contribution is -2.35. The standard InChI is InChI=1S/C22H25NO6/c1-13(2)21(15-5-7-18-19(11-15)28-9-8-27-18)23-20(25)12-29-22(26)16-10-14(3)4-6-17(16)24/h4-7,10-11,13,21,24H,8-9,12H2,1-3H3,(H,23,25)/t21-/m0/s1. The highest BCUT2D eigenvalue weighted by Crippen LogP contribution is 2.34. The Morgan fingerprint density at radius 2 is 1.83 bits per heavy atom. The van der Waals surface area contributed by atoms with Gasteiger partial charge in [0.25, 0.3) is 5.91 Å². The molecule has 0 unspecified atom stereocenters. The minimum absolute atomic E-state index is 0.0324. The maximum absolute atomic E-state index is 12.4. The van der Waals surface area contributed by atoms with Crippen molar-refractivity contribution in [2.45, 2.75) is 26.8 Å².